The molecular weight excluding hydrogens is 188 g/mol. The SMILES string of the molecule is C=C(C)CN(CC)C(=O)NC1CCCC1. The average Bonchev–Trinajstić information content (AvgIpc) is 2.66. The average molecular weight is 210 g/mol. The van der Waals surface area contributed by atoms with E-state index in [1.807, 2.05) is 13.8 Å². The van der Waals surface area contributed by atoms with E-state index in [0.29, 0.717) is 12.6 Å². The Kier molecular flexibility index (Phi) is 4.66. The number of likely N-dealkylation sites (N-methyl/N-ethyl adjacent to an activating group) is 1. The first-order valence-corrected chi connectivity index (χ1v) is 5.83. The quantitative estimate of drug-likeness (QED) is 0.710. The summed E-state index contributed by atoms with van der Waals surface area (Å²) >= 11 is 0. The standard InChI is InChI=1S/C12H22N2O/c1-4-14(9-10(2)3)12(15)13-11-7-5-6-8-11/h11H,2,4-9H2,1,3H3,(H,13,15). The van der Waals surface area contributed by atoms with E-state index in [4.69, 9.17) is 0 Å². The van der Waals surface area contributed by atoms with Crippen LogP contribution in [0, 0.1) is 0 Å². The van der Waals surface area contributed by atoms with Crippen molar-refractivity contribution >= 4 is 6.03 Å². The highest BCUT2D eigenvalue weighted by molar-refractivity contribution is 5.74. The van der Waals surface area contributed by atoms with E-state index in [9.17, 15) is 4.79 Å². The topological polar surface area (TPSA) is 32.3 Å². The van der Waals surface area contributed by atoms with Crippen molar-refractivity contribution in [2.45, 2.75) is 45.6 Å². The second-order valence-electron chi connectivity index (χ2n) is 4.40. The van der Waals surface area contributed by atoms with E-state index in [0.717, 1.165) is 25.0 Å². The van der Waals surface area contributed by atoms with Crippen LogP contribution in [0.2, 0.25) is 0 Å². The Balaban J connectivity index is 2.38. The smallest absolute Gasteiger partial charge is 0.317 e. The van der Waals surface area contributed by atoms with Gasteiger partial charge < -0.3 is 10.2 Å². The van der Waals surface area contributed by atoms with Crippen LogP contribution >= 0.6 is 0 Å². The van der Waals surface area contributed by atoms with Gasteiger partial charge in [-0.1, -0.05) is 25.0 Å². The summed E-state index contributed by atoms with van der Waals surface area (Å²) in [4.78, 5) is 13.6. The molecule has 1 saturated carbocycles. The summed E-state index contributed by atoms with van der Waals surface area (Å²) in [5.74, 6) is 0. The third-order valence-electron chi connectivity index (χ3n) is 2.81. The molecule has 0 aromatic carbocycles. The minimum Gasteiger partial charge on any atom is -0.335 e. The summed E-state index contributed by atoms with van der Waals surface area (Å²) in [5, 5.41) is 3.08. The van der Waals surface area contributed by atoms with Gasteiger partial charge in [-0.15, -0.1) is 0 Å². The maximum Gasteiger partial charge on any atom is 0.317 e. The number of amides is 2. The summed E-state index contributed by atoms with van der Waals surface area (Å²) in [7, 11) is 0. The number of carbonyl (C=O) groups is 1. The van der Waals surface area contributed by atoms with Gasteiger partial charge in [0.1, 0.15) is 0 Å². The fourth-order valence-electron chi connectivity index (χ4n) is 1.99. The van der Waals surface area contributed by atoms with Crippen molar-refractivity contribution in [2.75, 3.05) is 13.1 Å². The molecule has 0 aromatic rings. The maximum atomic E-state index is 11.8. The van der Waals surface area contributed by atoms with Gasteiger partial charge in [0.15, 0.2) is 0 Å². The molecule has 0 heterocycles. The van der Waals surface area contributed by atoms with Gasteiger partial charge in [0.05, 0.1) is 0 Å². The van der Waals surface area contributed by atoms with E-state index < -0.39 is 0 Å². The van der Waals surface area contributed by atoms with Gasteiger partial charge in [-0.25, -0.2) is 4.79 Å². The summed E-state index contributed by atoms with van der Waals surface area (Å²) in [5.41, 5.74) is 1.03. The molecule has 1 aliphatic rings. The summed E-state index contributed by atoms with van der Waals surface area (Å²) in [6.07, 6.45) is 4.77. The normalized spacial score (nSPS) is 16.4. The van der Waals surface area contributed by atoms with Gasteiger partial charge in [-0.3, -0.25) is 0 Å². The largest absolute Gasteiger partial charge is 0.335 e. The minimum absolute atomic E-state index is 0.0624. The number of urea groups is 1. The van der Waals surface area contributed by atoms with E-state index in [2.05, 4.69) is 11.9 Å². The number of carbonyl (C=O) groups excluding carboxylic acids is 1. The molecule has 3 nitrogen and oxygen atoms in total. The molecular formula is C12H22N2O. The first kappa shape index (κ1) is 12.1. The van der Waals surface area contributed by atoms with Crippen LogP contribution in [0.25, 0.3) is 0 Å². The highest BCUT2D eigenvalue weighted by atomic mass is 16.2. The predicted molar refractivity (Wildman–Crippen MR) is 62.8 cm³/mol. The van der Waals surface area contributed by atoms with E-state index in [1.54, 1.807) is 4.90 Å². The van der Waals surface area contributed by atoms with Crippen molar-refractivity contribution in [1.29, 1.82) is 0 Å². The predicted octanol–water partition coefficient (Wildman–Crippen LogP) is 2.54. The van der Waals surface area contributed by atoms with Crippen LogP contribution < -0.4 is 5.32 Å². The van der Waals surface area contributed by atoms with Crippen LogP contribution in [0.3, 0.4) is 0 Å². The summed E-state index contributed by atoms with van der Waals surface area (Å²) in [6, 6.07) is 0.462. The maximum absolute atomic E-state index is 11.8. The molecule has 0 atom stereocenters. The second-order valence-corrected chi connectivity index (χ2v) is 4.40. The fraction of sp³-hybridized carbons (Fsp3) is 0.750. The zero-order chi connectivity index (χ0) is 11.3. The highest BCUT2D eigenvalue weighted by Crippen LogP contribution is 2.17. The third kappa shape index (κ3) is 3.94. The lowest BCUT2D eigenvalue weighted by Gasteiger charge is -2.23. The molecule has 0 aromatic heterocycles. The zero-order valence-corrected chi connectivity index (χ0v) is 9.88. The van der Waals surface area contributed by atoms with Crippen LogP contribution in [0.1, 0.15) is 39.5 Å². The van der Waals surface area contributed by atoms with Crippen LogP contribution in [0.15, 0.2) is 12.2 Å². The lowest BCUT2D eigenvalue weighted by Crippen LogP contribution is -2.44. The third-order valence-corrected chi connectivity index (χ3v) is 2.81. The molecule has 0 aliphatic heterocycles. The van der Waals surface area contributed by atoms with Gasteiger partial charge in [-0.2, -0.15) is 0 Å². The molecule has 0 radical (unpaired) electrons. The monoisotopic (exact) mass is 210 g/mol. The summed E-state index contributed by atoms with van der Waals surface area (Å²) in [6.45, 7) is 9.19. The molecule has 15 heavy (non-hydrogen) atoms. The molecule has 2 amide bonds. The Morgan fingerprint density at radius 3 is 2.53 bits per heavy atom. The Morgan fingerprint density at radius 2 is 2.07 bits per heavy atom. The first-order chi connectivity index (χ1) is 7.13. The van der Waals surface area contributed by atoms with Crippen LogP contribution in [-0.2, 0) is 0 Å². The van der Waals surface area contributed by atoms with Gasteiger partial charge in [0.25, 0.3) is 0 Å². The zero-order valence-electron chi connectivity index (χ0n) is 9.88. The van der Waals surface area contributed by atoms with Crippen molar-refractivity contribution in [2.24, 2.45) is 0 Å². The second kappa shape index (κ2) is 5.79. The van der Waals surface area contributed by atoms with Crippen molar-refractivity contribution in [3.63, 3.8) is 0 Å². The number of nitrogens with one attached hydrogen (secondary N) is 1. The van der Waals surface area contributed by atoms with E-state index in [1.165, 1.54) is 12.8 Å². The van der Waals surface area contributed by atoms with Gasteiger partial charge in [0.2, 0.25) is 0 Å². The number of nitrogens with zero attached hydrogens (tertiary/aromatic N) is 1. The van der Waals surface area contributed by atoms with Crippen molar-refractivity contribution in [1.82, 2.24) is 10.2 Å². The van der Waals surface area contributed by atoms with Crippen LogP contribution in [-0.4, -0.2) is 30.1 Å². The molecule has 0 saturated heterocycles. The molecule has 86 valence electrons. The molecule has 1 N–H and O–H groups in total. The summed E-state index contributed by atoms with van der Waals surface area (Å²) < 4.78 is 0. The Morgan fingerprint density at radius 1 is 1.47 bits per heavy atom. The lowest BCUT2D eigenvalue weighted by molar-refractivity contribution is 0.200. The highest BCUT2D eigenvalue weighted by Gasteiger charge is 2.19. The molecule has 0 unspecified atom stereocenters. The molecule has 0 spiro atoms. The molecule has 1 fully saturated rings. The van der Waals surface area contributed by atoms with E-state index >= 15 is 0 Å². The lowest BCUT2D eigenvalue weighted by atomic mass is 10.2. The molecule has 1 rings (SSSR count). The molecule has 3 heteroatoms. The first-order valence-electron chi connectivity index (χ1n) is 5.83. The fourth-order valence-corrected chi connectivity index (χ4v) is 1.99. The van der Waals surface area contributed by atoms with Gasteiger partial charge >= 0.3 is 6.03 Å². The molecule has 0 bridgehead atoms. The van der Waals surface area contributed by atoms with Crippen molar-refractivity contribution < 1.29 is 4.79 Å². The van der Waals surface area contributed by atoms with Crippen LogP contribution in [0.5, 0.6) is 0 Å². The Hall–Kier alpha value is -0.990. The molecule has 1 aliphatic carbocycles. The number of hydrogen-bond donors (Lipinski definition) is 1. The van der Waals surface area contributed by atoms with Crippen molar-refractivity contribution in [3.8, 4) is 0 Å². The van der Waals surface area contributed by atoms with Crippen LogP contribution in [0.4, 0.5) is 4.79 Å². The van der Waals surface area contributed by atoms with Gasteiger partial charge in [-0.05, 0) is 26.7 Å². The minimum atomic E-state index is 0.0624. The Bertz CT molecular complexity index is 232. The Labute approximate surface area is 92.5 Å². The number of rotatable bonds is 4. The van der Waals surface area contributed by atoms with Crippen molar-refractivity contribution in [3.05, 3.63) is 12.2 Å². The van der Waals surface area contributed by atoms with Gasteiger partial charge in [0, 0.05) is 19.1 Å². The van der Waals surface area contributed by atoms with E-state index in [-0.39, 0.29) is 6.03 Å². The number of hydrogen-bond acceptors (Lipinski definition) is 1.